The molecular weight excluding hydrogens is 515 g/mol. The van der Waals surface area contributed by atoms with Crippen molar-refractivity contribution in [1.82, 2.24) is 15.4 Å². The largest absolute Gasteiger partial charge is 0.382 e. The predicted molar refractivity (Wildman–Crippen MR) is 134 cm³/mol. The Hall–Kier alpha value is -0.910. The molecule has 0 saturated heterocycles. The molecule has 0 spiro atoms. The first-order valence-corrected chi connectivity index (χ1v) is 12.2. The van der Waals surface area contributed by atoms with E-state index in [1.165, 1.54) is 25.7 Å². The van der Waals surface area contributed by atoms with E-state index in [4.69, 9.17) is 4.74 Å². The molecule has 0 radical (unpaired) electrons. The maximum atomic E-state index is 12.2. The molecule has 30 heavy (non-hydrogen) atoms. The fourth-order valence-corrected chi connectivity index (χ4v) is 4.63. The Morgan fingerprint density at radius 3 is 2.50 bits per heavy atom. The van der Waals surface area contributed by atoms with Gasteiger partial charge in [-0.25, -0.2) is 13.1 Å². The molecule has 7 nitrogen and oxygen atoms in total. The lowest BCUT2D eigenvalue weighted by Gasteiger charge is -2.30. The van der Waals surface area contributed by atoms with Crippen LogP contribution in [-0.2, 0) is 21.3 Å². The van der Waals surface area contributed by atoms with E-state index in [1.807, 2.05) is 37.3 Å². The third kappa shape index (κ3) is 9.93. The van der Waals surface area contributed by atoms with E-state index < -0.39 is 10.0 Å². The summed E-state index contributed by atoms with van der Waals surface area (Å²) in [6.45, 7) is 5.00. The molecule has 0 aromatic heterocycles. The molecular formula is C21H37IN4O3S. The van der Waals surface area contributed by atoms with Crippen molar-refractivity contribution in [2.45, 2.75) is 45.6 Å². The number of nitrogens with zero attached hydrogens (tertiary/aromatic N) is 1. The average Bonchev–Trinajstić information content (AvgIpc) is 3.19. The van der Waals surface area contributed by atoms with Gasteiger partial charge in [0, 0.05) is 39.9 Å². The van der Waals surface area contributed by atoms with E-state index in [2.05, 4.69) is 20.3 Å². The zero-order valence-corrected chi connectivity index (χ0v) is 21.3. The number of hydrogen-bond donors (Lipinski definition) is 3. The molecule has 1 aliphatic carbocycles. The van der Waals surface area contributed by atoms with Crippen molar-refractivity contribution in [3.8, 4) is 0 Å². The first kappa shape index (κ1) is 27.1. The predicted octanol–water partition coefficient (Wildman–Crippen LogP) is 2.88. The molecule has 1 aliphatic rings. The number of aliphatic imine (C=N–C) groups is 1. The van der Waals surface area contributed by atoms with Gasteiger partial charge in [-0.05, 0) is 37.2 Å². The molecule has 0 amide bonds. The molecule has 2 rings (SSSR count). The van der Waals surface area contributed by atoms with Crippen molar-refractivity contribution < 1.29 is 13.2 Å². The third-order valence-corrected chi connectivity index (χ3v) is 6.83. The SMILES string of the molecule is CCOCCC1(CNC(=NC)NCCS(=O)(=O)NCc2ccccc2)CCCC1.I. The Morgan fingerprint density at radius 1 is 1.17 bits per heavy atom. The topological polar surface area (TPSA) is 91.8 Å². The van der Waals surface area contributed by atoms with Gasteiger partial charge in [-0.15, -0.1) is 24.0 Å². The summed E-state index contributed by atoms with van der Waals surface area (Å²) in [6.07, 6.45) is 5.95. The molecule has 0 unspecified atom stereocenters. The van der Waals surface area contributed by atoms with Crippen molar-refractivity contribution in [3.05, 3.63) is 35.9 Å². The number of hydrogen-bond acceptors (Lipinski definition) is 4. The van der Waals surface area contributed by atoms with Crippen molar-refractivity contribution >= 4 is 40.0 Å². The van der Waals surface area contributed by atoms with Crippen molar-refractivity contribution in [1.29, 1.82) is 0 Å². The molecule has 0 bridgehead atoms. The van der Waals surface area contributed by atoms with Crippen molar-refractivity contribution in [3.63, 3.8) is 0 Å². The summed E-state index contributed by atoms with van der Waals surface area (Å²) in [4.78, 5) is 4.24. The first-order chi connectivity index (χ1) is 14.0. The number of nitrogens with one attached hydrogen (secondary N) is 3. The third-order valence-electron chi connectivity index (χ3n) is 5.50. The van der Waals surface area contributed by atoms with Crippen molar-refractivity contribution in [2.24, 2.45) is 10.4 Å². The molecule has 1 aromatic rings. The minimum Gasteiger partial charge on any atom is -0.382 e. The van der Waals surface area contributed by atoms with E-state index >= 15 is 0 Å². The molecule has 0 heterocycles. The van der Waals surface area contributed by atoms with Gasteiger partial charge in [-0.3, -0.25) is 4.99 Å². The Balaban J connectivity index is 0.00000450. The smallest absolute Gasteiger partial charge is 0.213 e. The molecule has 0 aliphatic heterocycles. The van der Waals surface area contributed by atoms with Crippen LogP contribution in [0.25, 0.3) is 0 Å². The van der Waals surface area contributed by atoms with Gasteiger partial charge in [-0.1, -0.05) is 43.2 Å². The fraction of sp³-hybridized carbons (Fsp3) is 0.667. The highest BCUT2D eigenvalue weighted by molar-refractivity contribution is 14.0. The van der Waals surface area contributed by atoms with Crippen LogP contribution in [0, 0.1) is 5.41 Å². The number of benzene rings is 1. The van der Waals surface area contributed by atoms with Crippen LogP contribution >= 0.6 is 24.0 Å². The maximum absolute atomic E-state index is 12.2. The number of guanidine groups is 1. The Kier molecular flexibility index (Phi) is 12.8. The van der Waals surface area contributed by atoms with Crippen LogP contribution in [0.1, 0.15) is 44.6 Å². The molecule has 1 saturated carbocycles. The fourth-order valence-electron chi connectivity index (χ4n) is 3.73. The second-order valence-electron chi connectivity index (χ2n) is 7.63. The van der Waals surface area contributed by atoms with Gasteiger partial charge in [0.2, 0.25) is 10.0 Å². The van der Waals surface area contributed by atoms with Crippen LogP contribution < -0.4 is 15.4 Å². The van der Waals surface area contributed by atoms with Gasteiger partial charge >= 0.3 is 0 Å². The maximum Gasteiger partial charge on any atom is 0.213 e. The number of ether oxygens (including phenoxy) is 1. The number of rotatable bonds is 12. The van der Waals surface area contributed by atoms with Gasteiger partial charge in [0.15, 0.2) is 5.96 Å². The highest BCUT2D eigenvalue weighted by atomic mass is 127. The van der Waals surface area contributed by atoms with E-state index in [1.54, 1.807) is 7.05 Å². The number of halogens is 1. The Morgan fingerprint density at radius 2 is 1.87 bits per heavy atom. The lowest BCUT2D eigenvalue weighted by atomic mass is 9.83. The van der Waals surface area contributed by atoms with Crippen LogP contribution in [0.15, 0.2) is 35.3 Å². The molecule has 9 heteroatoms. The summed E-state index contributed by atoms with van der Waals surface area (Å²) in [7, 11) is -1.65. The highest BCUT2D eigenvalue weighted by Crippen LogP contribution is 2.40. The van der Waals surface area contributed by atoms with Crippen molar-refractivity contribution in [2.75, 3.05) is 39.1 Å². The van der Waals surface area contributed by atoms with Crippen LogP contribution in [0.4, 0.5) is 0 Å². The minimum atomic E-state index is -3.35. The van der Waals surface area contributed by atoms with Gasteiger partial charge in [0.25, 0.3) is 0 Å². The average molecular weight is 553 g/mol. The lowest BCUT2D eigenvalue weighted by molar-refractivity contribution is 0.105. The standard InChI is InChI=1S/C21H36N4O3S.HI/c1-3-28-15-13-21(11-7-8-12-21)18-24-20(22-2)23-14-16-29(26,27)25-17-19-9-5-4-6-10-19;/h4-6,9-10,25H,3,7-8,11-18H2,1-2H3,(H2,22,23,24);1H. The van der Waals surface area contributed by atoms with E-state index in [0.29, 0.717) is 19.0 Å². The Labute approximate surface area is 198 Å². The monoisotopic (exact) mass is 552 g/mol. The second-order valence-corrected chi connectivity index (χ2v) is 9.56. The van der Waals surface area contributed by atoms with Gasteiger partial charge in [0.05, 0.1) is 5.75 Å². The van der Waals surface area contributed by atoms with Crippen LogP contribution in [-0.4, -0.2) is 53.5 Å². The molecule has 0 atom stereocenters. The lowest BCUT2D eigenvalue weighted by Crippen LogP contribution is -2.45. The summed E-state index contributed by atoms with van der Waals surface area (Å²) in [5, 5.41) is 6.51. The quantitative estimate of drug-likeness (QED) is 0.161. The molecule has 3 N–H and O–H groups in total. The normalized spacial score (nSPS) is 16.1. The zero-order chi connectivity index (χ0) is 21.0. The Bertz CT molecular complexity index is 723. The van der Waals surface area contributed by atoms with E-state index in [0.717, 1.165) is 31.7 Å². The minimum absolute atomic E-state index is 0. The summed E-state index contributed by atoms with van der Waals surface area (Å²) >= 11 is 0. The van der Waals surface area contributed by atoms with Crippen LogP contribution in [0.5, 0.6) is 0 Å². The van der Waals surface area contributed by atoms with E-state index in [-0.39, 0.29) is 35.1 Å². The summed E-state index contributed by atoms with van der Waals surface area (Å²) in [5.74, 6) is 0.640. The molecule has 172 valence electrons. The zero-order valence-electron chi connectivity index (χ0n) is 18.2. The summed E-state index contributed by atoms with van der Waals surface area (Å²) < 4.78 is 32.6. The van der Waals surface area contributed by atoms with Gasteiger partial charge in [-0.2, -0.15) is 0 Å². The van der Waals surface area contributed by atoms with Crippen LogP contribution in [0.2, 0.25) is 0 Å². The second kappa shape index (κ2) is 14.2. The summed E-state index contributed by atoms with van der Waals surface area (Å²) in [5.41, 5.74) is 1.19. The summed E-state index contributed by atoms with van der Waals surface area (Å²) in [6, 6.07) is 9.50. The molecule has 1 fully saturated rings. The number of sulfonamides is 1. The molecule has 1 aromatic carbocycles. The first-order valence-electron chi connectivity index (χ1n) is 10.5. The van der Waals surface area contributed by atoms with Gasteiger partial charge in [0.1, 0.15) is 0 Å². The van der Waals surface area contributed by atoms with Crippen LogP contribution in [0.3, 0.4) is 0 Å². The highest BCUT2D eigenvalue weighted by Gasteiger charge is 2.33. The van der Waals surface area contributed by atoms with E-state index in [9.17, 15) is 8.42 Å². The van der Waals surface area contributed by atoms with Gasteiger partial charge < -0.3 is 15.4 Å².